The van der Waals surface area contributed by atoms with Crippen molar-refractivity contribution in [3.05, 3.63) is 57.4 Å². The SMILES string of the molecule is N#Cc1cnc(NC(=O)CN2C[C@@]3(C[C@H]3F)c3cc(Br)ccc3C2=O)c(F)c1. The number of nitrogens with zero attached hydrogens (tertiary/aromatic N) is 3. The zero-order valence-electron chi connectivity index (χ0n) is 14.4. The van der Waals surface area contributed by atoms with Gasteiger partial charge in [-0.25, -0.2) is 13.8 Å². The van der Waals surface area contributed by atoms with Crippen LogP contribution in [0.4, 0.5) is 14.6 Å². The van der Waals surface area contributed by atoms with E-state index in [-0.39, 0.29) is 36.8 Å². The first-order valence-corrected chi connectivity index (χ1v) is 9.22. The summed E-state index contributed by atoms with van der Waals surface area (Å²) in [5.74, 6) is -2.22. The number of nitriles is 1. The Morgan fingerprint density at radius 2 is 2.21 bits per heavy atom. The van der Waals surface area contributed by atoms with E-state index in [4.69, 9.17) is 5.26 Å². The number of pyridine rings is 1. The number of carbonyl (C=O) groups is 2. The highest BCUT2D eigenvalue weighted by Gasteiger charge is 2.61. The molecule has 1 aliphatic heterocycles. The van der Waals surface area contributed by atoms with Crippen LogP contribution in [0, 0.1) is 17.1 Å². The van der Waals surface area contributed by atoms with E-state index in [1.54, 1.807) is 24.3 Å². The Morgan fingerprint density at radius 1 is 1.46 bits per heavy atom. The molecule has 2 heterocycles. The lowest BCUT2D eigenvalue weighted by Gasteiger charge is -2.34. The summed E-state index contributed by atoms with van der Waals surface area (Å²) >= 11 is 3.35. The Morgan fingerprint density at radius 3 is 2.86 bits per heavy atom. The highest BCUT2D eigenvalue weighted by molar-refractivity contribution is 9.10. The van der Waals surface area contributed by atoms with Gasteiger partial charge in [0.05, 0.1) is 5.56 Å². The van der Waals surface area contributed by atoms with Crippen molar-refractivity contribution in [2.24, 2.45) is 0 Å². The molecule has 1 aliphatic carbocycles. The van der Waals surface area contributed by atoms with Gasteiger partial charge in [-0.05, 0) is 36.2 Å². The molecule has 1 spiro atoms. The molecule has 28 heavy (non-hydrogen) atoms. The van der Waals surface area contributed by atoms with Gasteiger partial charge in [0.2, 0.25) is 5.91 Å². The summed E-state index contributed by atoms with van der Waals surface area (Å²) in [6, 6.07) is 7.76. The van der Waals surface area contributed by atoms with Crippen molar-refractivity contribution in [1.29, 1.82) is 5.26 Å². The number of anilines is 1. The minimum Gasteiger partial charge on any atom is -0.328 e. The van der Waals surface area contributed by atoms with Gasteiger partial charge in [0.15, 0.2) is 11.6 Å². The number of fused-ring (bicyclic) bond motifs is 2. The minimum atomic E-state index is -1.09. The lowest BCUT2D eigenvalue weighted by atomic mass is 9.86. The quantitative estimate of drug-likeness (QED) is 0.784. The molecule has 1 aromatic heterocycles. The zero-order chi connectivity index (χ0) is 20.1. The van der Waals surface area contributed by atoms with Gasteiger partial charge in [0, 0.05) is 28.2 Å². The lowest BCUT2D eigenvalue weighted by molar-refractivity contribution is -0.117. The predicted octanol–water partition coefficient (Wildman–Crippen LogP) is 2.93. The molecule has 0 saturated heterocycles. The van der Waals surface area contributed by atoms with Crippen LogP contribution in [0.15, 0.2) is 34.9 Å². The standard InChI is InChI=1S/C19H13BrF2N4O2/c20-11-1-2-12-13(4-11)19(5-15(19)22)9-26(18(12)28)8-16(27)25-17-14(21)3-10(6-23)7-24-17/h1-4,7,15H,5,8-9H2,(H,24,25,27)/t15-,19+/m1/s1. The fourth-order valence-corrected chi connectivity index (χ4v) is 3.91. The van der Waals surface area contributed by atoms with E-state index in [0.29, 0.717) is 11.1 Å². The zero-order valence-corrected chi connectivity index (χ0v) is 16.0. The second-order valence-electron chi connectivity index (χ2n) is 6.89. The number of aromatic nitrogens is 1. The van der Waals surface area contributed by atoms with E-state index in [9.17, 15) is 18.4 Å². The molecule has 2 aliphatic rings. The van der Waals surface area contributed by atoms with E-state index < -0.39 is 23.3 Å². The fourth-order valence-electron chi connectivity index (χ4n) is 3.55. The molecule has 6 nitrogen and oxygen atoms in total. The number of carbonyl (C=O) groups excluding carboxylic acids is 2. The fraction of sp³-hybridized carbons (Fsp3) is 0.263. The first-order valence-electron chi connectivity index (χ1n) is 8.43. The third kappa shape index (κ3) is 3.03. The Bertz CT molecular complexity index is 1050. The van der Waals surface area contributed by atoms with Gasteiger partial charge in [-0.2, -0.15) is 5.26 Å². The number of benzene rings is 1. The number of rotatable bonds is 3. The predicted molar refractivity (Wildman–Crippen MR) is 98.8 cm³/mol. The summed E-state index contributed by atoms with van der Waals surface area (Å²) in [6.07, 6.45) is 0.330. The smallest absolute Gasteiger partial charge is 0.254 e. The van der Waals surface area contributed by atoms with Crippen LogP contribution in [-0.4, -0.2) is 41.0 Å². The van der Waals surface area contributed by atoms with Crippen LogP contribution in [0.3, 0.4) is 0 Å². The maximum atomic E-state index is 14.2. The van der Waals surface area contributed by atoms with Crippen LogP contribution < -0.4 is 5.32 Å². The van der Waals surface area contributed by atoms with Gasteiger partial charge < -0.3 is 10.2 Å². The van der Waals surface area contributed by atoms with Crippen molar-refractivity contribution in [2.45, 2.75) is 18.0 Å². The maximum Gasteiger partial charge on any atom is 0.254 e. The molecule has 142 valence electrons. The number of nitrogens with one attached hydrogen (secondary N) is 1. The molecule has 2 amide bonds. The summed E-state index contributed by atoms with van der Waals surface area (Å²) in [6.45, 7) is -0.281. The van der Waals surface area contributed by atoms with Crippen LogP contribution >= 0.6 is 15.9 Å². The van der Waals surface area contributed by atoms with Gasteiger partial charge in [-0.3, -0.25) is 9.59 Å². The van der Waals surface area contributed by atoms with Gasteiger partial charge >= 0.3 is 0 Å². The molecular formula is C19H13BrF2N4O2. The Hall–Kier alpha value is -2.86. The molecular weight excluding hydrogens is 434 g/mol. The Labute approximate surface area is 167 Å². The first kappa shape index (κ1) is 18.5. The molecule has 1 saturated carbocycles. The second-order valence-corrected chi connectivity index (χ2v) is 7.81. The summed E-state index contributed by atoms with van der Waals surface area (Å²) in [4.78, 5) is 30.1. The summed E-state index contributed by atoms with van der Waals surface area (Å²) < 4.78 is 28.9. The van der Waals surface area contributed by atoms with Gasteiger partial charge in [-0.1, -0.05) is 15.9 Å². The van der Waals surface area contributed by atoms with Crippen molar-refractivity contribution in [1.82, 2.24) is 9.88 Å². The Balaban J connectivity index is 1.54. The molecule has 9 heteroatoms. The number of alkyl halides is 1. The van der Waals surface area contributed by atoms with Crippen LogP contribution in [0.25, 0.3) is 0 Å². The molecule has 2 atom stereocenters. The average Bonchev–Trinajstić information content (AvgIpc) is 3.31. The van der Waals surface area contributed by atoms with E-state index in [2.05, 4.69) is 26.2 Å². The molecule has 1 aromatic carbocycles. The number of hydrogen-bond acceptors (Lipinski definition) is 4. The highest BCUT2D eigenvalue weighted by atomic mass is 79.9. The average molecular weight is 447 g/mol. The van der Waals surface area contributed by atoms with Crippen molar-refractivity contribution in [3.8, 4) is 6.07 Å². The monoisotopic (exact) mass is 446 g/mol. The molecule has 1 fully saturated rings. The number of amides is 2. The van der Waals surface area contributed by atoms with Crippen LogP contribution in [0.2, 0.25) is 0 Å². The molecule has 2 aromatic rings. The van der Waals surface area contributed by atoms with Gasteiger partial charge in [-0.15, -0.1) is 0 Å². The third-order valence-electron chi connectivity index (χ3n) is 5.05. The van der Waals surface area contributed by atoms with Crippen molar-refractivity contribution in [2.75, 3.05) is 18.4 Å². The number of hydrogen-bond donors (Lipinski definition) is 1. The molecule has 4 rings (SSSR count). The summed E-state index contributed by atoms with van der Waals surface area (Å²) in [5, 5.41) is 11.0. The van der Waals surface area contributed by atoms with E-state index in [1.165, 1.54) is 4.90 Å². The van der Waals surface area contributed by atoms with E-state index in [0.717, 1.165) is 16.7 Å². The maximum absolute atomic E-state index is 14.2. The molecule has 1 N–H and O–H groups in total. The van der Waals surface area contributed by atoms with Gasteiger partial charge in [0.25, 0.3) is 5.91 Å². The number of halogens is 3. The minimum absolute atomic E-state index is 0.0223. The van der Waals surface area contributed by atoms with Crippen molar-refractivity contribution >= 4 is 33.6 Å². The normalized spacial score (nSPS) is 22.6. The molecule has 0 unspecified atom stereocenters. The van der Waals surface area contributed by atoms with Crippen LogP contribution in [-0.2, 0) is 10.2 Å². The lowest BCUT2D eigenvalue weighted by Crippen LogP contribution is -2.47. The van der Waals surface area contributed by atoms with E-state index in [1.807, 2.05) is 0 Å². The van der Waals surface area contributed by atoms with Gasteiger partial charge in [0.1, 0.15) is 18.8 Å². The van der Waals surface area contributed by atoms with Crippen molar-refractivity contribution < 1.29 is 18.4 Å². The summed E-state index contributed by atoms with van der Waals surface area (Å²) in [5.41, 5.74) is 0.237. The van der Waals surface area contributed by atoms with Crippen LogP contribution in [0.5, 0.6) is 0 Å². The molecule has 0 radical (unpaired) electrons. The van der Waals surface area contributed by atoms with Crippen LogP contribution in [0.1, 0.15) is 27.9 Å². The third-order valence-corrected chi connectivity index (χ3v) is 5.55. The van der Waals surface area contributed by atoms with Crippen molar-refractivity contribution in [3.63, 3.8) is 0 Å². The van der Waals surface area contributed by atoms with E-state index >= 15 is 0 Å². The summed E-state index contributed by atoms with van der Waals surface area (Å²) in [7, 11) is 0. The first-order chi connectivity index (χ1) is 13.3. The largest absolute Gasteiger partial charge is 0.328 e. The second kappa shape index (κ2) is 6.63. The highest BCUT2D eigenvalue weighted by Crippen LogP contribution is 2.54. The Kier molecular flexibility index (Phi) is 4.38. The molecule has 0 bridgehead atoms. The topological polar surface area (TPSA) is 86.1 Å².